The number of hydrogen-bond donors (Lipinski definition) is 2. The van der Waals surface area contributed by atoms with Crippen molar-refractivity contribution in [2.75, 3.05) is 5.73 Å². The topological polar surface area (TPSA) is 54.7 Å². The number of nitrogens with one attached hydrogen (secondary N) is 1. The molecule has 0 aromatic carbocycles. The van der Waals surface area contributed by atoms with E-state index in [-0.39, 0.29) is 17.4 Å². The molecular formula is C7H9F2N3. The van der Waals surface area contributed by atoms with Crippen LogP contribution < -0.4 is 5.73 Å². The van der Waals surface area contributed by atoms with Gasteiger partial charge in [0.15, 0.2) is 0 Å². The van der Waals surface area contributed by atoms with E-state index in [4.69, 9.17) is 5.73 Å². The van der Waals surface area contributed by atoms with Crippen molar-refractivity contribution in [2.45, 2.75) is 25.2 Å². The molecule has 1 saturated carbocycles. The summed E-state index contributed by atoms with van der Waals surface area (Å²) in [6.45, 7) is 0. The molecule has 0 spiro atoms. The molecule has 0 atom stereocenters. The first-order valence-electron chi connectivity index (χ1n) is 3.82. The van der Waals surface area contributed by atoms with Gasteiger partial charge in [-0.2, -0.15) is 5.10 Å². The molecule has 0 unspecified atom stereocenters. The lowest BCUT2D eigenvalue weighted by atomic mass is 10.1. The summed E-state index contributed by atoms with van der Waals surface area (Å²) in [5, 5.41) is 5.84. The Hall–Kier alpha value is -1.13. The summed E-state index contributed by atoms with van der Waals surface area (Å²) < 4.78 is 24.6. The minimum atomic E-state index is -2.50. The van der Waals surface area contributed by atoms with Crippen LogP contribution in [0.3, 0.4) is 0 Å². The molecule has 66 valence electrons. The van der Waals surface area contributed by atoms with Crippen LogP contribution in [0.25, 0.3) is 0 Å². The van der Waals surface area contributed by atoms with E-state index in [0.29, 0.717) is 5.56 Å². The standard InChI is InChI=1S/C7H9F2N3/c8-6(9)5-4(3-1-2-3)7(10)12-11-5/h3,6H,1-2H2,(H3,10,11,12). The Kier molecular flexibility index (Phi) is 1.52. The van der Waals surface area contributed by atoms with E-state index in [1.54, 1.807) is 0 Å². The van der Waals surface area contributed by atoms with Crippen LogP contribution in [0.15, 0.2) is 0 Å². The monoisotopic (exact) mass is 173 g/mol. The number of aromatic nitrogens is 2. The van der Waals surface area contributed by atoms with Gasteiger partial charge in [0.05, 0.1) is 0 Å². The van der Waals surface area contributed by atoms with Crippen LogP contribution in [-0.2, 0) is 0 Å². The van der Waals surface area contributed by atoms with E-state index in [2.05, 4.69) is 10.2 Å². The molecule has 5 heteroatoms. The van der Waals surface area contributed by atoms with Crippen LogP contribution in [0.4, 0.5) is 14.6 Å². The Morgan fingerprint density at radius 3 is 2.67 bits per heavy atom. The molecule has 1 aliphatic carbocycles. The Balaban J connectivity index is 2.39. The second kappa shape index (κ2) is 2.43. The first kappa shape index (κ1) is 7.52. The van der Waals surface area contributed by atoms with Crippen molar-refractivity contribution in [2.24, 2.45) is 0 Å². The minimum Gasteiger partial charge on any atom is -0.382 e. The molecule has 3 nitrogen and oxygen atoms in total. The lowest BCUT2D eigenvalue weighted by Crippen LogP contribution is -1.93. The van der Waals surface area contributed by atoms with E-state index in [1.165, 1.54) is 0 Å². The van der Waals surface area contributed by atoms with Gasteiger partial charge in [-0.15, -0.1) is 0 Å². The highest BCUT2D eigenvalue weighted by Crippen LogP contribution is 2.45. The van der Waals surface area contributed by atoms with E-state index in [9.17, 15) is 8.78 Å². The summed E-state index contributed by atoms with van der Waals surface area (Å²) >= 11 is 0. The van der Waals surface area contributed by atoms with Crippen LogP contribution >= 0.6 is 0 Å². The summed E-state index contributed by atoms with van der Waals surface area (Å²) in [6, 6.07) is 0. The third-order valence-corrected chi connectivity index (χ3v) is 2.07. The number of halogens is 2. The van der Waals surface area contributed by atoms with Crippen molar-refractivity contribution in [3.63, 3.8) is 0 Å². The minimum absolute atomic E-state index is 0.102. The van der Waals surface area contributed by atoms with Crippen molar-refractivity contribution in [3.05, 3.63) is 11.3 Å². The van der Waals surface area contributed by atoms with Gasteiger partial charge in [0, 0.05) is 5.56 Å². The number of nitrogens with zero attached hydrogens (tertiary/aromatic N) is 1. The molecule has 3 N–H and O–H groups in total. The molecule has 0 amide bonds. The Morgan fingerprint density at radius 2 is 2.17 bits per heavy atom. The SMILES string of the molecule is Nc1n[nH]c(C(F)F)c1C1CC1. The summed E-state index contributed by atoms with van der Waals surface area (Å²) in [6.07, 6.45) is -0.599. The van der Waals surface area contributed by atoms with Crippen molar-refractivity contribution < 1.29 is 8.78 Å². The maximum Gasteiger partial charge on any atom is 0.280 e. The fourth-order valence-electron chi connectivity index (χ4n) is 1.35. The second-order valence-corrected chi connectivity index (χ2v) is 3.01. The summed E-state index contributed by atoms with van der Waals surface area (Å²) in [5.41, 5.74) is 5.87. The van der Waals surface area contributed by atoms with Gasteiger partial charge < -0.3 is 5.73 Å². The molecule has 1 heterocycles. The molecule has 1 aromatic heterocycles. The smallest absolute Gasteiger partial charge is 0.280 e. The lowest BCUT2D eigenvalue weighted by Gasteiger charge is -1.99. The first-order chi connectivity index (χ1) is 5.70. The van der Waals surface area contributed by atoms with Crippen LogP contribution in [0.1, 0.15) is 36.4 Å². The van der Waals surface area contributed by atoms with Crippen molar-refractivity contribution in [3.8, 4) is 0 Å². The van der Waals surface area contributed by atoms with Crippen LogP contribution in [0.5, 0.6) is 0 Å². The van der Waals surface area contributed by atoms with Crippen molar-refractivity contribution in [1.82, 2.24) is 10.2 Å². The van der Waals surface area contributed by atoms with Gasteiger partial charge in [-0.1, -0.05) is 0 Å². The third-order valence-electron chi connectivity index (χ3n) is 2.07. The summed E-state index contributed by atoms with van der Waals surface area (Å²) in [7, 11) is 0. The number of nitrogen functional groups attached to an aromatic ring is 1. The maximum absolute atomic E-state index is 12.3. The number of hydrogen-bond acceptors (Lipinski definition) is 2. The predicted octanol–water partition coefficient (Wildman–Crippen LogP) is 1.81. The van der Waals surface area contributed by atoms with Gasteiger partial charge in [-0.05, 0) is 18.8 Å². The first-order valence-corrected chi connectivity index (χ1v) is 3.82. The lowest BCUT2D eigenvalue weighted by molar-refractivity contribution is 0.145. The van der Waals surface area contributed by atoms with Crippen molar-refractivity contribution >= 4 is 5.82 Å². The molecule has 1 aromatic rings. The fourth-order valence-corrected chi connectivity index (χ4v) is 1.35. The normalized spacial score (nSPS) is 17.2. The molecule has 0 bridgehead atoms. The van der Waals surface area contributed by atoms with Crippen LogP contribution in [-0.4, -0.2) is 10.2 Å². The van der Waals surface area contributed by atoms with Gasteiger partial charge in [0.1, 0.15) is 11.5 Å². The Bertz CT molecular complexity index is 291. The number of rotatable bonds is 2. The largest absolute Gasteiger partial charge is 0.382 e. The quantitative estimate of drug-likeness (QED) is 0.716. The highest BCUT2D eigenvalue weighted by molar-refractivity contribution is 5.47. The molecule has 0 aliphatic heterocycles. The molecule has 12 heavy (non-hydrogen) atoms. The Labute approximate surface area is 68.0 Å². The van der Waals surface area contributed by atoms with Crippen molar-refractivity contribution in [1.29, 1.82) is 0 Å². The average molecular weight is 173 g/mol. The molecule has 0 saturated heterocycles. The molecular weight excluding hydrogens is 164 g/mol. The summed E-state index contributed by atoms with van der Waals surface area (Å²) in [4.78, 5) is 0. The Morgan fingerprint density at radius 1 is 1.50 bits per heavy atom. The number of H-pyrrole nitrogens is 1. The van der Waals surface area contributed by atoms with Gasteiger partial charge >= 0.3 is 0 Å². The molecule has 1 fully saturated rings. The highest BCUT2D eigenvalue weighted by atomic mass is 19.3. The predicted molar refractivity (Wildman–Crippen MR) is 39.9 cm³/mol. The van der Waals surface area contributed by atoms with Gasteiger partial charge in [0.25, 0.3) is 6.43 Å². The molecule has 1 aliphatic rings. The van der Waals surface area contributed by atoms with E-state index in [1.807, 2.05) is 0 Å². The van der Waals surface area contributed by atoms with E-state index >= 15 is 0 Å². The number of aromatic amines is 1. The second-order valence-electron chi connectivity index (χ2n) is 3.01. The van der Waals surface area contributed by atoms with E-state index < -0.39 is 6.43 Å². The number of nitrogens with two attached hydrogens (primary N) is 1. The average Bonchev–Trinajstić information content (AvgIpc) is 2.75. The van der Waals surface area contributed by atoms with Crippen LogP contribution in [0.2, 0.25) is 0 Å². The highest BCUT2D eigenvalue weighted by Gasteiger charge is 2.32. The zero-order valence-corrected chi connectivity index (χ0v) is 6.35. The van der Waals surface area contributed by atoms with Gasteiger partial charge in [-0.25, -0.2) is 8.78 Å². The zero-order valence-electron chi connectivity index (χ0n) is 6.35. The van der Waals surface area contributed by atoms with Gasteiger partial charge in [0.2, 0.25) is 0 Å². The van der Waals surface area contributed by atoms with Gasteiger partial charge in [-0.3, -0.25) is 5.10 Å². The third kappa shape index (κ3) is 1.05. The summed E-state index contributed by atoms with van der Waals surface area (Å²) in [5.74, 6) is 0.445. The molecule has 0 radical (unpaired) electrons. The molecule has 2 rings (SSSR count). The zero-order chi connectivity index (χ0) is 8.72. The number of alkyl halides is 2. The maximum atomic E-state index is 12.3. The van der Waals surface area contributed by atoms with Crippen LogP contribution in [0, 0.1) is 0 Å². The fraction of sp³-hybridized carbons (Fsp3) is 0.571. The van der Waals surface area contributed by atoms with E-state index in [0.717, 1.165) is 12.8 Å². The number of anilines is 1.